The minimum absolute atomic E-state index is 0.0427. The number of aromatic carboxylic acids is 1. The van der Waals surface area contributed by atoms with Crippen molar-refractivity contribution in [3.8, 4) is 11.7 Å². The lowest BCUT2D eigenvalue weighted by Crippen LogP contribution is -1.98. The number of hydrogen-bond acceptors (Lipinski definition) is 6. The van der Waals surface area contributed by atoms with Gasteiger partial charge in [0.1, 0.15) is 4.92 Å². The van der Waals surface area contributed by atoms with Crippen molar-refractivity contribution in [1.29, 1.82) is 0 Å². The Morgan fingerprint density at radius 3 is 2.68 bits per heavy atom. The van der Waals surface area contributed by atoms with Crippen LogP contribution in [0.1, 0.15) is 35.0 Å². The molecule has 0 aromatic carbocycles. The molecule has 2 aromatic rings. The number of carbonyl (C=O) groups is 1. The normalized spacial score (nSPS) is 14.5. The first-order valence-corrected chi connectivity index (χ1v) is 5.55. The molecule has 0 saturated heterocycles. The van der Waals surface area contributed by atoms with Crippen molar-refractivity contribution in [2.24, 2.45) is 0 Å². The highest BCUT2D eigenvalue weighted by atomic mass is 16.6. The summed E-state index contributed by atoms with van der Waals surface area (Å²) in [5.41, 5.74) is 0.376. The van der Waals surface area contributed by atoms with E-state index in [0.717, 1.165) is 18.9 Å². The summed E-state index contributed by atoms with van der Waals surface area (Å²) in [7, 11) is 0. The molecule has 2 aromatic heterocycles. The van der Waals surface area contributed by atoms with Crippen LogP contribution < -0.4 is 0 Å². The summed E-state index contributed by atoms with van der Waals surface area (Å²) >= 11 is 0. The molecule has 1 aliphatic rings. The van der Waals surface area contributed by atoms with Crippen LogP contribution in [0.25, 0.3) is 11.7 Å². The van der Waals surface area contributed by atoms with Gasteiger partial charge in [0, 0.05) is 5.92 Å². The molecule has 0 amide bonds. The van der Waals surface area contributed by atoms with E-state index in [1.807, 2.05) is 0 Å². The zero-order chi connectivity index (χ0) is 13.6. The number of aromatic nitrogens is 1. The number of oxazole rings is 1. The molecule has 98 valence electrons. The Hall–Kier alpha value is -2.64. The smallest absolute Gasteiger partial charge is 0.433 e. The van der Waals surface area contributed by atoms with Crippen molar-refractivity contribution >= 4 is 11.9 Å². The van der Waals surface area contributed by atoms with E-state index in [2.05, 4.69) is 4.98 Å². The topological polar surface area (TPSA) is 120 Å². The van der Waals surface area contributed by atoms with Gasteiger partial charge in [-0.05, 0) is 18.9 Å². The van der Waals surface area contributed by atoms with Crippen LogP contribution in [-0.4, -0.2) is 21.0 Å². The molecule has 1 fully saturated rings. The number of furan rings is 1. The van der Waals surface area contributed by atoms with Gasteiger partial charge in [-0.1, -0.05) is 0 Å². The molecule has 0 unspecified atom stereocenters. The Balaban J connectivity index is 2.02. The van der Waals surface area contributed by atoms with Crippen LogP contribution in [0.2, 0.25) is 0 Å². The standard InChI is InChI=1S/C11H8N2O6/c14-11(15)9-8(5-1-2-5)12-10(19-9)6-3-4-7(18-6)13(16)17/h3-5H,1-2H2,(H,14,15). The van der Waals surface area contributed by atoms with Crippen LogP contribution in [0.5, 0.6) is 0 Å². The predicted octanol–water partition coefficient (Wildman–Crippen LogP) is 2.42. The Labute approximate surface area is 105 Å². The third-order valence-corrected chi connectivity index (χ3v) is 2.79. The zero-order valence-electron chi connectivity index (χ0n) is 9.53. The van der Waals surface area contributed by atoms with Gasteiger partial charge in [-0.25, -0.2) is 9.78 Å². The van der Waals surface area contributed by atoms with Crippen LogP contribution in [0.3, 0.4) is 0 Å². The molecule has 8 nitrogen and oxygen atoms in total. The van der Waals surface area contributed by atoms with Crippen molar-refractivity contribution in [3.63, 3.8) is 0 Å². The lowest BCUT2D eigenvalue weighted by atomic mass is 10.2. The third kappa shape index (κ3) is 1.96. The quantitative estimate of drug-likeness (QED) is 0.664. The molecule has 19 heavy (non-hydrogen) atoms. The summed E-state index contributed by atoms with van der Waals surface area (Å²) in [5.74, 6) is -1.79. The maximum absolute atomic E-state index is 11.0. The number of rotatable bonds is 4. The molecule has 1 aliphatic carbocycles. The van der Waals surface area contributed by atoms with Gasteiger partial charge >= 0.3 is 11.9 Å². The molecule has 0 spiro atoms. The summed E-state index contributed by atoms with van der Waals surface area (Å²) in [4.78, 5) is 24.9. The van der Waals surface area contributed by atoms with Gasteiger partial charge in [-0.2, -0.15) is 0 Å². The molecular weight excluding hydrogens is 256 g/mol. The second kappa shape index (κ2) is 3.94. The van der Waals surface area contributed by atoms with E-state index in [1.54, 1.807) is 0 Å². The highest BCUT2D eigenvalue weighted by Crippen LogP contribution is 2.42. The number of nitro groups is 1. The van der Waals surface area contributed by atoms with Crippen LogP contribution in [0.15, 0.2) is 21.0 Å². The van der Waals surface area contributed by atoms with Gasteiger partial charge in [0.25, 0.3) is 5.89 Å². The van der Waals surface area contributed by atoms with Crippen molar-refractivity contribution in [1.82, 2.24) is 4.98 Å². The summed E-state index contributed by atoms with van der Waals surface area (Å²) in [5, 5.41) is 19.5. The fourth-order valence-corrected chi connectivity index (χ4v) is 1.76. The largest absolute Gasteiger partial charge is 0.475 e. The molecule has 8 heteroatoms. The van der Waals surface area contributed by atoms with Gasteiger partial charge in [0.2, 0.25) is 5.76 Å². The highest BCUT2D eigenvalue weighted by molar-refractivity contribution is 5.86. The molecule has 0 radical (unpaired) electrons. The van der Waals surface area contributed by atoms with Crippen LogP contribution in [-0.2, 0) is 0 Å². The van der Waals surface area contributed by atoms with Crippen molar-refractivity contribution in [2.75, 3.05) is 0 Å². The van der Waals surface area contributed by atoms with Gasteiger partial charge in [-0.3, -0.25) is 10.1 Å². The fraction of sp³-hybridized carbons (Fsp3) is 0.273. The van der Waals surface area contributed by atoms with E-state index in [4.69, 9.17) is 13.9 Å². The van der Waals surface area contributed by atoms with Crippen LogP contribution >= 0.6 is 0 Å². The molecule has 0 atom stereocenters. The minimum Gasteiger partial charge on any atom is -0.475 e. The minimum atomic E-state index is -1.21. The summed E-state index contributed by atoms with van der Waals surface area (Å²) < 4.78 is 10.1. The van der Waals surface area contributed by atoms with Crippen LogP contribution in [0, 0.1) is 10.1 Å². The van der Waals surface area contributed by atoms with Gasteiger partial charge in [-0.15, -0.1) is 0 Å². The van der Waals surface area contributed by atoms with E-state index < -0.39 is 16.8 Å². The van der Waals surface area contributed by atoms with Crippen molar-refractivity contribution < 1.29 is 23.7 Å². The number of carboxylic acid groups (broad SMARTS) is 1. The maximum atomic E-state index is 11.0. The van der Waals surface area contributed by atoms with E-state index in [0.29, 0.717) is 5.69 Å². The fourth-order valence-electron chi connectivity index (χ4n) is 1.76. The molecular formula is C11H8N2O6. The monoisotopic (exact) mass is 264 g/mol. The van der Waals surface area contributed by atoms with Crippen molar-refractivity contribution in [3.05, 3.63) is 33.7 Å². The Morgan fingerprint density at radius 2 is 2.16 bits per heavy atom. The summed E-state index contributed by atoms with van der Waals surface area (Å²) in [6.45, 7) is 0. The van der Waals surface area contributed by atoms with Crippen LogP contribution in [0.4, 0.5) is 5.88 Å². The number of carboxylic acids is 1. The average Bonchev–Trinajstić information content (AvgIpc) is 2.93. The predicted molar refractivity (Wildman–Crippen MR) is 59.8 cm³/mol. The summed E-state index contributed by atoms with van der Waals surface area (Å²) in [6, 6.07) is 2.49. The Morgan fingerprint density at radius 1 is 1.42 bits per heavy atom. The van der Waals surface area contributed by atoms with E-state index >= 15 is 0 Å². The van der Waals surface area contributed by atoms with E-state index in [-0.39, 0.29) is 23.3 Å². The number of nitrogens with zero attached hydrogens (tertiary/aromatic N) is 2. The molecule has 1 saturated carbocycles. The van der Waals surface area contributed by atoms with E-state index in [9.17, 15) is 14.9 Å². The molecule has 1 N–H and O–H groups in total. The third-order valence-electron chi connectivity index (χ3n) is 2.79. The van der Waals surface area contributed by atoms with Gasteiger partial charge < -0.3 is 13.9 Å². The zero-order valence-corrected chi connectivity index (χ0v) is 9.53. The van der Waals surface area contributed by atoms with E-state index in [1.165, 1.54) is 6.07 Å². The van der Waals surface area contributed by atoms with Gasteiger partial charge in [0.05, 0.1) is 11.8 Å². The molecule has 3 rings (SSSR count). The Bertz CT molecular complexity index is 667. The SMILES string of the molecule is O=C(O)c1oc(-c2ccc([N+](=O)[O-])o2)nc1C1CC1. The first-order chi connectivity index (χ1) is 9.06. The second-order valence-electron chi connectivity index (χ2n) is 4.21. The average molecular weight is 264 g/mol. The molecule has 0 aliphatic heterocycles. The number of hydrogen-bond donors (Lipinski definition) is 1. The lowest BCUT2D eigenvalue weighted by Gasteiger charge is -1.89. The molecule has 2 heterocycles. The lowest BCUT2D eigenvalue weighted by molar-refractivity contribution is -0.401. The first-order valence-electron chi connectivity index (χ1n) is 5.55. The molecule has 0 bridgehead atoms. The maximum Gasteiger partial charge on any atom is 0.433 e. The second-order valence-corrected chi connectivity index (χ2v) is 4.21. The Kier molecular flexibility index (Phi) is 2.37. The first kappa shape index (κ1) is 11.5. The van der Waals surface area contributed by atoms with Gasteiger partial charge in [0.15, 0.2) is 5.76 Å². The summed E-state index contributed by atoms with van der Waals surface area (Å²) in [6.07, 6.45) is 1.73. The van der Waals surface area contributed by atoms with Crippen molar-refractivity contribution in [2.45, 2.75) is 18.8 Å². The highest BCUT2D eigenvalue weighted by Gasteiger charge is 2.34.